The van der Waals surface area contributed by atoms with Gasteiger partial charge >= 0.3 is 0 Å². The maximum Gasteiger partial charge on any atom is 0.0651 e. The molecule has 28 heavy (non-hydrogen) atoms. The summed E-state index contributed by atoms with van der Waals surface area (Å²) in [4.78, 5) is 3.62. The van der Waals surface area contributed by atoms with Gasteiger partial charge in [-0.1, -0.05) is 30.9 Å². The van der Waals surface area contributed by atoms with Crippen molar-refractivity contribution in [2.24, 2.45) is 5.41 Å². The highest BCUT2D eigenvalue weighted by Gasteiger charge is 2.03. The standard InChI is InChI=1S/C24H31NOS2/c1-5-25(13-8-6-7-12-24(2,3)4)14-16-26-15-9-10-23-18-22(20-28-23)21-11-17-27-19-21/h6,8-11,17-20H,5,13-16H2,1-4H3. The first-order valence-corrected chi connectivity index (χ1v) is 11.6. The molecule has 0 atom stereocenters. The monoisotopic (exact) mass is 413 g/mol. The molecule has 0 fully saturated rings. The average Bonchev–Trinajstić information content (AvgIpc) is 3.33. The highest BCUT2D eigenvalue weighted by atomic mass is 32.1. The molecule has 2 nitrogen and oxygen atoms in total. The molecule has 0 aliphatic rings. The van der Waals surface area contributed by atoms with Gasteiger partial charge in [-0.3, -0.25) is 4.90 Å². The van der Waals surface area contributed by atoms with E-state index in [1.165, 1.54) is 16.0 Å². The van der Waals surface area contributed by atoms with Gasteiger partial charge in [-0.25, -0.2) is 0 Å². The maximum atomic E-state index is 5.76. The molecule has 0 aliphatic carbocycles. The summed E-state index contributed by atoms with van der Waals surface area (Å²) in [6, 6.07) is 4.39. The molecule has 0 amide bonds. The summed E-state index contributed by atoms with van der Waals surface area (Å²) < 4.78 is 5.76. The quantitative estimate of drug-likeness (QED) is 0.328. The zero-order valence-electron chi connectivity index (χ0n) is 17.4. The molecule has 0 aromatic carbocycles. The fourth-order valence-corrected chi connectivity index (χ4v) is 3.93. The normalized spacial score (nSPS) is 12.2. The SMILES string of the molecule is CCN(CC=CC#CC(C)(C)C)CCOCC=Cc1cc(-c2ccsc2)cs1. The molecule has 150 valence electrons. The van der Waals surface area contributed by atoms with Crippen LogP contribution in [-0.2, 0) is 4.74 Å². The lowest BCUT2D eigenvalue weighted by Gasteiger charge is -2.17. The topological polar surface area (TPSA) is 12.5 Å². The van der Waals surface area contributed by atoms with Crippen LogP contribution < -0.4 is 0 Å². The zero-order valence-corrected chi connectivity index (χ0v) is 19.0. The van der Waals surface area contributed by atoms with Crippen LogP contribution >= 0.6 is 22.7 Å². The number of allylic oxidation sites excluding steroid dienone is 1. The summed E-state index contributed by atoms with van der Waals surface area (Å²) in [6.07, 6.45) is 8.34. The van der Waals surface area contributed by atoms with Crippen LogP contribution in [0.1, 0.15) is 32.6 Å². The van der Waals surface area contributed by atoms with Crippen molar-refractivity contribution < 1.29 is 4.74 Å². The van der Waals surface area contributed by atoms with Crippen LogP contribution in [0.15, 0.2) is 46.5 Å². The van der Waals surface area contributed by atoms with Gasteiger partial charge in [0, 0.05) is 23.4 Å². The van der Waals surface area contributed by atoms with Gasteiger partial charge in [0.1, 0.15) is 0 Å². The Morgan fingerprint density at radius 1 is 1.18 bits per heavy atom. The highest BCUT2D eigenvalue weighted by Crippen LogP contribution is 2.27. The molecule has 2 aromatic rings. The summed E-state index contributed by atoms with van der Waals surface area (Å²) >= 11 is 3.50. The first-order chi connectivity index (χ1) is 13.5. The van der Waals surface area contributed by atoms with Gasteiger partial charge in [-0.2, -0.15) is 11.3 Å². The number of ether oxygens (including phenoxy) is 1. The van der Waals surface area contributed by atoms with E-state index < -0.39 is 0 Å². The van der Waals surface area contributed by atoms with Gasteiger partial charge in [0.2, 0.25) is 0 Å². The van der Waals surface area contributed by atoms with E-state index in [0.29, 0.717) is 6.61 Å². The van der Waals surface area contributed by atoms with Gasteiger partial charge in [-0.05, 0) is 78.9 Å². The number of thiophene rings is 2. The molecular weight excluding hydrogens is 382 g/mol. The average molecular weight is 414 g/mol. The Labute approximate surface area is 178 Å². The predicted molar refractivity (Wildman–Crippen MR) is 126 cm³/mol. The number of rotatable bonds is 10. The van der Waals surface area contributed by atoms with Gasteiger partial charge in [-0.15, -0.1) is 11.3 Å². The van der Waals surface area contributed by atoms with Crippen molar-refractivity contribution in [3.8, 4) is 23.0 Å². The van der Waals surface area contributed by atoms with Gasteiger partial charge in [0.05, 0.1) is 13.2 Å². The van der Waals surface area contributed by atoms with Crippen molar-refractivity contribution in [3.05, 3.63) is 51.4 Å². The smallest absolute Gasteiger partial charge is 0.0651 e. The molecule has 0 saturated heterocycles. The van der Waals surface area contributed by atoms with Gasteiger partial charge in [0.15, 0.2) is 0 Å². The Balaban J connectivity index is 1.63. The third kappa shape index (κ3) is 9.03. The van der Waals surface area contributed by atoms with Crippen LogP contribution in [0.25, 0.3) is 17.2 Å². The molecule has 0 saturated carbocycles. The molecule has 0 radical (unpaired) electrons. The van der Waals surface area contributed by atoms with Crippen LogP contribution in [0.5, 0.6) is 0 Å². The van der Waals surface area contributed by atoms with Crippen LogP contribution in [0, 0.1) is 17.3 Å². The third-order valence-electron chi connectivity index (χ3n) is 3.98. The lowest BCUT2D eigenvalue weighted by atomic mass is 9.98. The maximum absolute atomic E-state index is 5.76. The summed E-state index contributed by atoms with van der Waals surface area (Å²) in [7, 11) is 0. The van der Waals surface area contributed by atoms with E-state index in [9.17, 15) is 0 Å². The highest BCUT2D eigenvalue weighted by molar-refractivity contribution is 7.11. The van der Waals surface area contributed by atoms with Crippen molar-refractivity contribution >= 4 is 28.7 Å². The molecule has 0 unspecified atom stereocenters. The molecule has 2 aromatic heterocycles. The van der Waals surface area contributed by atoms with Crippen molar-refractivity contribution in [1.29, 1.82) is 0 Å². The van der Waals surface area contributed by atoms with E-state index in [1.807, 2.05) is 6.08 Å². The van der Waals surface area contributed by atoms with E-state index in [1.54, 1.807) is 22.7 Å². The Morgan fingerprint density at radius 3 is 2.75 bits per heavy atom. The molecule has 0 spiro atoms. The minimum atomic E-state index is 0.0602. The second-order valence-corrected chi connectivity index (χ2v) is 9.26. The van der Waals surface area contributed by atoms with Crippen molar-refractivity contribution in [2.75, 3.05) is 32.8 Å². The first kappa shape index (κ1) is 22.6. The van der Waals surface area contributed by atoms with Crippen molar-refractivity contribution in [1.82, 2.24) is 4.90 Å². The molecule has 2 heterocycles. The van der Waals surface area contributed by atoms with Gasteiger partial charge in [0.25, 0.3) is 0 Å². The molecule has 2 rings (SSSR count). The van der Waals surface area contributed by atoms with E-state index in [-0.39, 0.29) is 5.41 Å². The first-order valence-electron chi connectivity index (χ1n) is 9.73. The molecule has 0 aliphatic heterocycles. The molecule has 4 heteroatoms. The zero-order chi connectivity index (χ0) is 20.2. The number of hydrogen-bond acceptors (Lipinski definition) is 4. The Morgan fingerprint density at radius 2 is 2.04 bits per heavy atom. The summed E-state index contributed by atoms with van der Waals surface area (Å²) in [5.41, 5.74) is 2.66. The molecule has 0 bridgehead atoms. The predicted octanol–water partition coefficient (Wildman–Crippen LogP) is 6.43. The van der Waals surface area contributed by atoms with Crippen LogP contribution in [-0.4, -0.2) is 37.7 Å². The van der Waals surface area contributed by atoms with E-state index in [0.717, 1.165) is 26.2 Å². The van der Waals surface area contributed by atoms with Gasteiger partial charge < -0.3 is 4.74 Å². The van der Waals surface area contributed by atoms with E-state index in [4.69, 9.17) is 4.74 Å². The van der Waals surface area contributed by atoms with E-state index >= 15 is 0 Å². The fourth-order valence-electron chi connectivity index (χ4n) is 2.43. The van der Waals surface area contributed by atoms with Crippen LogP contribution in [0.3, 0.4) is 0 Å². The lowest BCUT2D eigenvalue weighted by molar-refractivity contribution is 0.131. The van der Waals surface area contributed by atoms with Crippen molar-refractivity contribution in [3.63, 3.8) is 0 Å². The van der Waals surface area contributed by atoms with E-state index in [2.05, 4.69) is 90.9 Å². The summed E-state index contributed by atoms with van der Waals surface area (Å²) in [6.45, 7) is 12.8. The number of hydrogen-bond donors (Lipinski definition) is 0. The summed E-state index contributed by atoms with van der Waals surface area (Å²) in [5, 5.41) is 6.51. The van der Waals surface area contributed by atoms with Crippen LogP contribution in [0.2, 0.25) is 0 Å². The third-order valence-corrected chi connectivity index (χ3v) is 5.56. The second-order valence-electron chi connectivity index (χ2n) is 7.54. The molecule has 0 N–H and O–H groups in total. The number of likely N-dealkylation sites (N-methyl/N-ethyl adjacent to an activating group) is 1. The minimum absolute atomic E-state index is 0.0602. The van der Waals surface area contributed by atoms with Crippen LogP contribution in [0.4, 0.5) is 0 Å². The fraction of sp³-hybridized carbons (Fsp3) is 0.417. The largest absolute Gasteiger partial charge is 0.376 e. The Hall–Kier alpha value is -1.64. The Bertz CT molecular complexity index is 798. The lowest BCUT2D eigenvalue weighted by Crippen LogP contribution is -2.27. The Kier molecular flexibility index (Phi) is 9.73. The minimum Gasteiger partial charge on any atom is -0.376 e. The van der Waals surface area contributed by atoms with Crippen molar-refractivity contribution in [2.45, 2.75) is 27.7 Å². The molecular formula is C24H31NOS2. The number of nitrogens with zero attached hydrogens (tertiary/aromatic N) is 1. The second kappa shape index (κ2) is 12.0. The summed E-state index contributed by atoms with van der Waals surface area (Å²) in [5.74, 6) is 6.34.